The molecule has 3 N–H and O–H groups in total. The summed E-state index contributed by atoms with van der Waals surface area (Å²) < 4.78 is 0. The van der Waals surface area contributed by atoms with E-state index in [-0.39, 0.29) is 0 Å². The number of nitrogens with zero attached hydrogens (tertiary/aromatic N) is 3. The Hall–Kier alpha value is -1.17. The molecule has 0 saturated carbocycles. The number of anilines is 1. The molecule has 5 nitrogen and oxygen atoms in total. The highest BCUT2D eigenvalue weighted by Crippen LogP contribution is 2.14. The van der Waals surface area contributed by atoms with Gasteiger partial charge in [0.15, 0.2) is 0 Å². The Bertz CT molecular complexity index is 408. The first-order chi connectivity index (χ1) is 8.94. The highest BCUT2D eigenvalue weighted by molar-refractivity contribution is 5.38. The van der Waals surface area contributed by atoms with Gasteiger partial charge in [-0.3, -0.25) is 9.80 Å². The molecular formula is C14H24N4O. The molecule has 5 heteroatoms. The average Bonchev–Trinajstić information content (AvgIpc) is 2.33. The van der Waals surface area contributed by atoms with E-state index >= 15 is 0 Å². The molecule has 0 aliphatic carbocycles. The molecule has 1 aromatic heterocycles. The number of hydrogen-bond donors (Lipinski definition) is 2. The van der Waals surface area contributed by atoms with Crippen LogP contribution in [0, 0.1) is 0 Å². The standard InChI is InChI=1S/C14H24N4O/c1-14(2,19)11-18-8-6-17(7-9-18)10-12-4-3-5-16-13(12)15/h3-5,19H,6-11H2,1-2H3,(H2,15,16). The van der Waals surface area contributed by atoms with E-state index in [2.05, 4.69) is 14.8 Å². The number of aromatic nitrogens is 1. The average molecular weight is 264 g/mol. The second-order valence-corrected chi connectivity index (χ2v) is 5.91. The van der Waals surface area contributed by atoms with Crippen LogP contribution in [0.3, 0.4) is 0 Å². The molecule has 0 spiro atoms. The van der Waals surface area contributed by atoms with Crippen LogP contribution in [0.25, 0.3) is 0 Å². The van der Waals surface area contributed by atoms with E-state index in [0.29, 0.717) is 5.82 Å². The molecule has 1 aromatic rings. The van der Waals surface area contributed by atoms with Gasteiger partial charge in [0, 0.05) is 51.0 Å². The van der Waals surface area contributed by atoms with Crippen LogP contribution in [0.1, 0.15) is 19.4 Å². The summed E-state index contributed by atoms with van der Waals surface area (Å²) in [6, 6.07) is 3.96. The van der Waals surface area contributed by atoms with Crippen molar-refractivity contribution in [3.05, 3.63) is 23.9 Å². The van der Waals surface area contributed by atoms with Crippen LogP contribution < -0.4 is 5.73 Å². The molecular weight excluding hydrogens is 240 g/mol. The molecule has 1 aliphatic rings. The van der Waals surface area contributed by atoms with Crippen molar-refractivity contribution in [2.24, 2.45) is 0 Å². The van der Waals surface area contributed by atoms with Crippen LogP contribution in [0.4, 0.5) is 5.82 Å². The molecule has 106 valence electrons. The number of hydrogen-bond acceptors (Lipinski definition) is 5. The van der Waals surface area contributed by atoms with Crippen molar-refractivity contribution in [1.82, 2.24) is 14.8 Å². The Morgan fingerprint density at radius 3 is 2.47 bits per heavy atom. The number of nitrogen functional groups attached to an aromatic ring is 1. The van der Waals surface area contributed by atoms with Crippen molar-refractivity contribution in [2.45, 2.75) is 26.0 Å². The minimum absolute atomic E-state index is 0.615. The zero-order valence-electron chi connectivity index (χ0n) is 11.8. The van der Waals surface area contributed by atoms with Gasteiger partial charge in [-0.05, 0) is 19.9 Å². The van der Waals surface area contributed by atoms with Gasteiger partial charge >= 0.3 is 0 Å². The van der Waals surface area contributed by atoms with Gasteiger partial charge in [0.2, 0.25) is 0 Å². The van der Waals surface area contributed by atoms with Gasteiger partial charge in [-0.2, -0.15) is 0 Å². The SMILES string of the molecule is CC(C)(O)CN1CCN(Cc2cccnc2N)CC1. The second kappa shape index (κ2) is 5.86. The fourth-order valence-corrected chi connectivity index (χ4v) is 2.48. The minimum Gasteiger partial charge on any atom is -0.389 e. The maximum Gasteiger partial charge on any atom is 0.127 e. The summed E-state index contributed by atoms with van der Waals surface area (Å²) in [6.45, 7) is 9.29. The largest absolute Gasteiger partial charge is 0.389 e. The predicted molar refractivity (Wildman–Crippen MR) is 76.7 cm³/mol. The number of β-amino-alcohol motifs (C(OH)–C–C–N with tert-alkyl or cyclic N) is 1. The summed E-state index contributed by atoms with van der Waals surface area (Å²) in [5, 5.41) is 9.83. The molecule has 1 fully saturated rings. The Labute approximate surface area is 115 Å². The second-order valence-electron chi connectivity index (χ2n) is 5.91. The third kappa shape index (κ3) is 4.45. The lowest BCUT2D eigenvalue weighted by atomic mass is 10.1. The van der Waals surface area contributed by atoms with E-state index in [9.17, 15) is 5.11 Å². The lowest BCUT2D eigenvalue weighted by molar-refractivity contribution is 0.0167. The molecule has 0 radical (unpaired) electrons. The van der Waals surface area contributed by atoms with E-state index in [4.69, 9.17) is 5.73 Å². The number of pyridine rings is 1. The lowest BCUT2D eigenvalue weighted by Crippen LogP contribution is -2.50. The summed E-state index contributed by atoms with van der Waals surface area (Å²) in [7, 11) is 0. The Kier molecular flexibility index (Phi) is 4.39. The molecule has 19 heavy (non-hydrogen) atoms. The maximum atomic E-state index is 9.83. The first-order valence-corrected chi connectivity index (χ1v) is 6.80. The highest BCUT2D eigenvalue weighted by Gasteiger charge is 2.22. The molecule has 2 rings (SSSR count). The van der Waals surface area contributed by atoms with Crippen LogP contribution in [0.15, 0.2) is 18.3 Å². The first kappa shape index (κ1) is 14.2. The fourth-order valence-electron chi connectivity index (χ4n) is 2.48. The Morgan fingerprint density at radius 1 is 1.26 bits per heavy atom. The van der Waals surface area contributed by atoms with E-state index < -0.39 is 5.60 Å². The number of aliphatic hydroxyl groups is 1. The van der Waals surface area contributed by atoms with Gasteiger partial charge in [0.05, 0.1) is 5.60 Å². The first-order valence-electron chi connectivity index (χ1n) is 6.80. The van der Waals surface area contributed by atoms with Crippen molar-refractivity contribution in [3.63, 3.8) is 0 Å². The van der Waals surface area contributed by atoms with Crippen molar-refractivity contribution < 1.29 is 5.11 Å². The van der Waals surface area contributed by atoms with E-state index in [0.717, 1.165) is 44.8 Å². The van der Waals surface area contributed by atoms with E-state index in [1.807, 2.05) is 26.0 Å². The molecule has 1 aliphatic heterocycles. The maximum absolute atomic E-state index is 9.83. The van der Waals surface area contributed by atoms with Gasteiger partial charge in [0.25, 0.3) is 0 Å². The van der Waals surface area contributed by atoms with E-state index in [1.165, 1.54) is 0 Å². The zero-order valence-corrected chi connectivity index (χ0v) is 11.8. The number of piperazine rings is 1. The molecule has 0 unspecified atom stereocenters. The summed E-state index contributed by atoms with van der Waals surface area (Å²) in [5.74, 6) is 0.626. The van der Waals surface area contributed by atoms with Gasteiger partial charge < -0.3 is 10.8 Å². The monoisotopic (exact) mass is 264 g/mol. The summed E-state index contributed by atoms with van der Waals surface area (Å²) in [4.78, 5) is 8.81. The third-order valence-corrected chi connectivity index (χ3v) is 3.40. The Morgan fingerprint density at radius 2 is 1.89 bits per heavy atom. The molecule has 0 atom stereocenters. The topological polar surface area (TPSA) is 65.6 Å². The van der Waals surface area contributed by atoms with Crippen molar-refractivity contribution in [3.8, 4) is 0 Å². The fraction of sp³-hybridized carbons (Fsp3) is 0.643. The summed E-state index contributed by atoms with van der Waals surface area (Å²) >= 11 is 0. The zero-order chi connectivity index (χ0) is 13.9. The van der Waals surface area contributed by atoms with Crippen LogP contribution in [0.2, 0.25) is 0 Å². The van der Waals surface area contributed by atoms with Crippen molar-refractivity contribution in [2.75, 3.05) is 38.5 Å². The minimum atomic E-state index is -0.615. The number of nitrogens with two attached hydrogens (primary N) is 1. The Balaban J connectivity index is 1.82. The highest BCUT2D eigenvalue weighted by atomic mass is 16.3. The van der Waals surface area contributed by atoms with Gasteiger partial charge in [-0.15, -0.1) is 0 Å². The smallest absolute Gasteiger partial charge is 0.127 e. The molecule has 1 saturated heterocycles. The lowest BCUT2D eigenvalue weighted by Gasteiger charge is -2.37. The van der Waals surface area contributed by atoms with Crippen molar-refractivity contribution in [1.29, 1.82) is 0 Å². The summed E-state index contributed by atoms with van der Waals surface area (Å²) in [5.41, 5.74) is 6.35. The van der Waals surface area contributed by atoms with Gasteiger partial charge in [0.1, 0.15) is 5.82 Å². The molecule has 0 amide bonds. The molecule has 0 aromatic carbocycles. The molecule has 0 bridgehead atoms. The van der Waals surface area contributed by atoms with Crippen molar-refractivity contribution >= 4 is 5.82 Å². The number of rotatable bonds is 4. The van der Waals surface area contributed by atoms with Gasteiger partial charge in [-0.1, -0.05) is 6.07 Å². The van der Waals surface area contributed by atoms with Gasteiger partial charge in [-0.25, -0.2) is 4.98 Å². The molecule has 2 heterocycles. The third-order valence-electron chi connectivity index (χ3n) is 3.40. The van der Waals surface area contributed by atoms with Crippen LogP contribution in [-0.4, -0.2) is 58.2 Å². The summed E-state index contributed by atoms with van der Waals surface area (Å²) in [6.07, 6.45) is 1.72. The van der Waals surface area contributed by atoms with Crippen LogP contribution >= 0.6 is 0 Å². The quantitative estimate of drug-likeness (QED) is 0.831. The van der Waals surface area contributed by atoms with E-state index in [1.54, 1.807) is 6.20 Å². The predicted octanol–water partition coefficient (Wildman–Crippen LogP) is 0.552. The normalized spacial score (nSPS) is 18.7. The van der Waals surface area contributed by atoms with Crippen LogP contribution in [-0.2, 0) is 6.54 Å². The van der Waals surface area contributed by atoms with Crippen LogP contribution in [0.5, 0.6) is 0 Å².